The van der Waals surface area contributed by atoms with E-state index in [1.807, 2.05) is 22.9 Å². The summed E-state index contributed by atoms with van der Waals surface area (Å²) >= 11 is 2.98. The van der Waals surface area contributed by atoms with Gasteiger partial charge < -0.3 is 5.32 Å². The summed E-state index contributed by atoms with van der Waals surface area (Å²) in [6.07, 6.45) is 1.59. The molecule has 2 aromatic rings. The van der Waals surface area contributed by atoms with Crippen LogP contribution in [0, 0.1) is 0 Å². The van der Waals surface area contributed by atoms with Crippen molar-refractivity contribution in [1.29, 1.82) is 0 Å². The van der Waals surface area contributed by atoms with Crippen molar-refractivity contribution in [2.45, 2.75) is 24.0 Å². The van der Waals surface area contributed by atoms with Crippen molar-refractivity contribution in [2.24, 2.45) is 0 Å². The van der Waals surface area contributed by atoms with Gasteiger partial charge in [0.1, 0.15) is 4.21 Å². The van der Waals surface area contributed by atoms with Crippen LogP contribution in [0.5, 0.6) is 0 Å². The fourth-order valence-electron chi connectivity index (χ4n) is 1.86. The normalized spacial score (nSPS) is 11.9. The Morgan fingerprint density at radius 1 is 1.14 bits per heavy atom. The van der Waals surface area contributed by atoms with E-state index in [9.17, 15) is 8.42 Å². The Balaban J connectivity index is 1.86. The zero-order valence-corrected chi connectivity index (χ0v) is 14.4. The highest BCUT2D eigenvalue weighted by molar-refractivity contribution is 7.91. The Morgan fingerprint density at radius 3 is 2.71 bits per heavy atom. The van der Waals surface area contributed by atoms with Crippen molar-refractivity contribution < 1.29 is 8.42 Å². The first kappa shape index (κ1) is 16.6. The number of hydrogen-bond acceptors (Lipinski definition) is 5. The topological polar surface area (TPSA) is 58.2 Å². The van der Waals surface area contributed by atoms with E-state index in [0.29, 0.717) is 10.8 Å². The van der Waals surface area contributed by atoms with E-state index in [0.717, 1.165) is 30.8 Å². The van der Waals surface area contributed by atoms with E-state index in [-0.39, 0.29) is 0 Å². The molecule has 0 saturated carbocycles. The number of thiophene rings is 2. The fourth-order valence-corrected chi connectivity index (χ4v) is 5.00. The van der Waals surface area contributed by atoms with Gasteiger partial charge in [0.15, 0.2) is 0 Å². The SMILES string of the molecule is CCNCCc1ccc(S(=O)(=O)NCCc2ccsc2)s1. The molecule has 116 valence electrons. The van der Waals surface area contributed by atoms with Gasteiger partial charge in [-0.25, -0.2) is 13.1 Å². The Morgan fingerprint density at radius 2 is 2.00 bits per heavy atom. The molecule has 0 spiro atoms. The van der Waals surface area contributed by atoms with Gasteiger partial charge in [-0.15, -0.1) is 11.3 Å². The molecule has 7 heteroatoms. The van der Waals surface area contributed by atoms with E-state index in [1.54, 1.807) is 17.4 Å². The average Bonchev–Trinajstić information content (AvgIpc) is 3.10. The summed E-state index contributed by atoms with van der Waals surface area (Å²) in [6.45, 7) is 4.30. The summed E-state index contributed by atoms with van der Waals surface area (Å²) in [5.74, 6) is 0. The van der Waals surface area contributed by atoms with Gasteiger partial charge in [0.2, 0.25) is 10.0 Å². The lowest BCUT2D eigenvalue weighted by Crippen LogP contribution is -2.25. The molecule has 0 atom stereocenters. The first-order valence-corrected chi connectivity index (χ1v) is 10.2. The molecule has 0 unspecified atom stereocenters. The number of rotatable bonds is 9. The van der Waals surface area contributed by atoms with E-state index in [1.165, 1.54) is 16.9 Å². The monoisotopic (exact) mass is 344 g/mol. The maximum Gasteiger partial charge on any atom is 0.250 e. The van der Waals surface area contributed by atoms with Crippen molar-refractivity contribution in [3.8, 4) is 0 Å². The zero-order chi connectivity index (χ0) is 15.1. The molecule has 0 aliphatic heterocycles. The summed E-state index contributed by atoms with van der Waals surface area (Å²) in [4.78, 5) is 1.09. The van der Waals surface area contributed by atoms with E-state index >= 15 is 0 Å². The molecule has 2 heterocycles. The Labute approximate surface area is 134 Å². The molecule has 0 bridgehead atoms. The Kier molecular flexibility index (Phi) is 6.38. The predicted molar refractivity (Wildman–Crippen MR) is 89.8 cm³/mol. The minimum absolute atomic E-state index is 0.402. The molecular formula is C14H20N2O2S3. The molecular weight excluding hydrogens is 324 g/mol. The van der Waals surface area contributed by atoms with Gasteiger partial charge in [0.25, 0.3) is 0 Å². The van der Waals surface area contributed by atoms with Gasteiger partial charge in [-0.1, -0.05) is 6.92 Å². The molecule has 21 heavy (non-hydrogen) atoms. The summed E-state index contributed by atoms with van der Waals surface area (Å²) in [6, 6.07) is 5.61. The van der Waals surface area contributed by atoms with Crippen molar-refractivity contribution >= 4 is 32.7 Å². The smallest absolute Gasteiger partial charge is 0.250 e. The number of likely N-dealkylation sites (N-methyl/N-ethyl adjacent to an activating group) is 1. The third-order valence-corrected chi connectivity index (χ3v) is 6.82. The zero-order valence-electron chi connectivity index (χ0n) is 12.0. The van der Waals surface area contributed by atoms with Gasteiger partial charge in [0.05, 0.1) is 0 Å². The molecule has 0 aromatic carbocycles. The van der Waals surface area contributed by atoms with Crippen LogP contribution in [0.1, 0.15) is 17.4 Å². The minimum atomic E-state index is -3.37. The van der Waals surface area contributed by atoms with Crippen LogP contribution < -0.4 is 10.0 Å². The molecule has 2 rings (SSSR count). The van der Waals surface area contributed by atoms with Crippen LogP contribution in [-0.4, -0.2) is 28.1 Å². The second-order valence-electron chi connectivity index (χ2n) is 4.60. The van der Waals surface area contributed by atoms with Crippen LogP contribution in [-0.2, 0) is 22.9 Å². The fraction of sp³-hybridized carbons (Fsp3) is 0.429. The number of hydrogen-bond donors (Lipinski definition) is 2. The van der Waals surface area contributed by atoms with Gasteiger partial charge in [-0.05, 0) is 60.5 Å². The minimum Gasteiger partial charge on any atom is -0.317 e. The highest BCUT2D eigenvalue weighted by atomic mass is 32.2. The van der Waals surface area contributed by atoms with Crippen LogP contribution in [0.4, 0.5) is 0 Å². The predicted octanol–water partition coefficient (Wildman–Crippen LogP) is 2.48. The largest absolute Gasteiger partial charge is 0.317 e. The van der Waals surface area contributed by atoms with Crippen LogP contribution in [0.2, 0.25) is 0 Å². The first-order chi connectivity index (χ1) is 10.1. The quantitative estimate of drug-likeness (QED) is 0.687. The third-order valence-electron chi connectivity index (χ3n) is 2.99. The third kappa shape index (κ3) is 5.19. The molecule has 0 aliphatic rings. The Hall–Kier alpha value is -0.730. The lowest BCUT2D eigenvalue weighted by molar-refractivity contribution is 0.584. The number of sulfonamides is 1. The molecule has 0 amide bonds. The van der Waals surface area contributed by atoms with Crippen molar-refractivity contribution in [3.63, 3.8) is 0 Å². The van der Waals surface area contributed by atoms with Crippen LogP contribution in [0.25, 0.3) is 0 Å². The van der Waals surface area contributed by atoms with Crippen molar-refractivity contribution in [2.75, 3.05) is 19.6 Å². The molecule has 2 aromatic heterocycles. The van der Waals surface area contributed by atoms with E-state index in [4.69, 9.17) is 0 Å². The van der Waals surface area contributed by atoms with Crippen molar-refractivity contribution in [1.82, 2.24) is 10.0 Å². The van der Waals surface area contributed by atoms with Crippen LogP contribution >= 0.6 is 22.7 Å². The maximum absolute atomic E-state index is 12.2. The molecule has 4 nitrogen and oxygen atoms in total. The summed E-state index contributed by atoms with van der Waals surface area (Å²) in [5, 5.41) is 7.28. The lowest BCUT2D eigenvalue weighted by Gasteiger charge is -2.03. The second kappa shape index (κ2) is 8.05. The highest BCUT2D eigenvalue weighted by Gasteiger charge is 2.16. The summed E-state index contributed by atoms with van der Waals surface area (Å²) in [7, 11) is -3.37. The van der Waals surface area contributed by atoms with Gasteiger partial charge >= 0.3 is 0 Å². The molecule has 0 aliphatic carbocycles. The van der Waals surface area contributed by atoms with E-state index in [2.05, 4.69) is 17.0 Å². The second-order valence-corrected chi connectivity index (χ2v) is 8.55. The van der Waals surface area contributed by atoms with E-state index < -0.39 is 10.0 Å². The Bertz CT molecular complexity index is 633. The maximum atomic E-state index is 12.2. The standard InChI is InChI=1S/C14H20N2O2S3/c1-2-15-8-6-13-3-4-14(20-13)21(17,18)16-9-5-12-7-10-19-11-12/h3-4,7,10-11,15-16H,2,5-6,8-9H2,1H3. The molecule has 0 radical (unpaired) electrons. The first-order valence-electron chi connectivity index (χ1n) is 6.92. The van der Waals surface area contributed by atoms with Crippen LogP contribution in [0.15, 0.2) is 33.2 Å². The number of nitrogens with one attached hydrogen (secondary N) is 2. The molecule has 2 N–H and O–H groups in total. The summed E-state index contributed by atoms with van der Waals surface area (Å²) < 4.78 is 27.4. The lowest BCUT2D eigenvalue weighted by atomic mass is 10.2. The van der Waals surface area contributed by atoms with Gasteiger partial charge in [-0.2, -0.15) is 11.3 Å². The van der Waals surface area contributed by atoms with Crippen LogP contribution in [0.3, 0.4) is 0 Å². The van der Waals surface area contributed by atoms with Crippen molar-refractivity contribution in [3.05, 3.63) is 39.4 Å². The highest BCUT2D eigenvalue weighted by Crippen LogP contribution is 2.21. The van der Waals surface area contributed by atoms with Gasteiger partial charge in [0, 0.05) is 11.4 Å². The average molecular weight is 345 g/mol. The summed E-state index contributed by atoms with van der Waals surface area (Å²) in [5.41, 5.74) is 1.17. The molecule has 0 saturated heterocycles. The molecule has 0 fully saturated rings. The van der Waals surface area contributed by atoms with Gasteiger partial charge in [-0.3, -0.25) is 0 Å².